The quantitative estimate of drug-likeness (QED) is 0.680. The van der Waals surface area contributed by atoms with Gasteiger partial charge >= 0.3 is 0 Å². The third-order valence-electron chi connectivity index (χ3n) is 5.23. The first-order chi connectivity index (χ1) is 14.2. The number of rotatable bonds is 6. The van der Waals surface area contributed by atoms with Crippen molar-refractivity contribution in [2.45, 2.75) is 32.4 Å². The van der Waals surface area contributed by atoms with Crippen LogP contribution in [0.4, 0.5) is 10.1 Å². The molecule has 2 aromatic carbocycles. The molecule has 0 saturated carbocycles. The van der Waals surface area contributed by atoms with Gasteiger partial charge in [0, 0.05) is 18.3 Å². The lowest BCUT2D eigenvalue weighted by Crippen LogP contribution is -2.30. The molecule has 0 spiro atoms. The Hall–Kier alpha value is -2.99. The van der Waals surface area contributed by atoms with Crippen molar-refractivity contribution in [1.29, 1.82) is 0 Å². The number of hydrogen-bond donors (Lipinski definition) is 1. The highest BCUT2D eigenvalue weighted by molar-refractivity contribution is 6.05. The predicted octanol–water partition coefficient (Wildman–Crippen LogP) is 4.31. The summed E-state index contributed by atoms with van der Waals surface area (Å²) in [5, 5.41) is 7.21. The van der Waals surface area contributed by atoms with Gasteiger partial charge in [-0.2, -0.15) is 5.10 Å². The number of carbonyl (C=O) groups excluding carboxylic acids is 1. The summed E-state index contributed by atoms with van der Waals surface area (Å²) in [5.41, 5.74) is 3.17. The van der Waals surface area contributed by atoms with Crippen molar-refractivity contribution in [1.82, 2.24) is 14.7 Å². The fraction of sp³-hybridized carbons (Fsp3) is 0.304. The van der Waals surface area contributed by atoms with Crippen molar-refractivity contribution in [3.05, 3.63) is 83.4 Å². The fourth-order valence-corrected chi connectivity index (χ4v) is 3.77. The summed E-state index contributed by atoms with van der Waals surface area (Å²) in [5.74, 6) is -0.406. The summed E-state index contributed by atoms with van der Waals surface area (Å²) < 4.78 is 15.0. The van der Waals surface area contributed by atoms with Crippen LogP contribution in [0, 0.1) is 5.82 Å². The van der Waals surface area contributed by atoms with Gasteiger partial charge in [0.2, 0.25) is 0 Å². The number of likely N-dealkylation sites (tertiary alicyclic amines) is 1. The number of nitrogens with one attached hydrogen (secondary N) is 1. The summed E-state index contributed by atoms with van der Waals surface area (Å²) in [6.07, 6.45) is 7.11. The number of halogens is 1. The molecule has 1 aliphatic rings. The number of amides is 1. The zero-order chi connectivity index (χ0) is 20.1. The van der Waals surface area contributed by atoms with Gasteiger partial charge in [-0.25, -0.2) is 4.39 Å². The summed E-state index contributed by atoms with van der Waals surface area (Å²) in [4.78, 5) is 15.3. The topological polar surface area (TPSA) is 50.2 Å². The van der Waals surface area contributed by atoms with Crippen molar-refractivity contribution in [3.63, 3.8) is 0 Å². The van der Waals surface area contributed by atoms with Crippen LogP contribution in [0.3, 0.4) is 0 Å². The van der Waals surface area contributed by atoms with Crippen LogP contribution in [0.15, 0.2) is 60.9 Å². The normalized spacial score (nSPS) is 14.7. The van der Waals surface area contributed by atoms with E-state index in [4.69, 9.17) is 0 Å². The smallest absolute Gasteiger partial charge is 0.256 e. The van der Waals surface area contributed by atoms with E-state index in [1.54, 1.807) is 23.1 Å². The maximum absolute atomic E-state index is 13.4. The Morgan fingerprint density at radius 3 is 2.69 bits per heavy atom. The molecule has 0 atom stereocenters. The van der Waals surface area contributed by atoms with Gasteiger partial charge in [0.05, 0.1) is 18.4 Å². The van der Waals surface area contributed by atoms with Crippen LogP contribution in [-0.2, 0) is 13.1 Å². The summed E-state index contributed by atoms with van der Waals surface area (Å²) in [7, 11) is 0. The van der Waals surface area contributed by atoms with E-state index in [-0.39, 0.29) is 11.7 Å². The SMILES string of the molecule is O=C(Nc1cnn(Cc2cccc(F)c2)c1)c1ccccc1CN1CCCCC1. The second kappa shape index (κ2) is 9.01. The average Bonchev–Trinajstić information content (AvgIpc) is 3.16. The van der Waals surface area contributed by atoms with Crippen LogP contribution in [0.25, 0.3) is 0 Å². The molecule has 1 aromatic heterocycles. The van der Waals surface area contributed by atoms with Crippen molar-refractivity contribution >= 4 is 11.6 Å². The third kappa shape index (κ3) is 5.09. The molecular formula is C23H25FN4O. The van der Waals surface area contributed by atoms with Crippen LogP contribution >= 0.6 is 0 Å². The number of piperidine rings is 1. The predicted molar refractivity (Wildman–Crippen MR) is 111 cm³/mol. The molecule has 5 nitrogen and oxygen atoms in total. The first-order valence-corrected chi connectivity index (χ1v) is 10.1. The molecule has 0 radical (unpaired) electrons. The minimum absolute atomic E-state index is 0.136. The molecule has 29 heavy (non-hydrogen) atoms. The Labute approximate surface area is 170 Å². The van der Waals surface area contributed by atoms with Crippen LogP contribution in [0.5, 0.6) is 0 Å². The maximum Gasteiger partial charge on any atom is 0.256 e. The van der Waals surface area contributed by atoms with Crippen LogP contribution < -0.4 is 5.32 Å². The van der Waals surface area contributed by atoms with Gasteiger partial charge in [-0.05, 0) is 55.3 Å². The number of hydrogen-bond acceptors (Lipinski definition) is 3. The monoisotopic (exact) mass is 392 g/mol. The number of benzene rings is 2. The highest BCUT2D eigenvalue weighted by Crippen LogP contribution is 2.18. The molecule has 1 aliphatic heterocycles. The molecule has 2 heterocycles. The first-order valence-electron chi connectivity index (χ1n) is 10.1. The van der Waals surface area contributed by atoms with Crippen LogP contribution in [0.1, 0.15) is 40.7 Å². The Morgan fingerprint density at radius 2 is 1.86 bits per heavy atom. The molecule has 1 N–H and O–H groups in total. The molecule has 0 unspecified atom stereocenters. The summed E-state index contributed by atoms with van der Waals surface area (Å²) in [6.45, 7) is 3.41. The molecule has 4 rings (SSSR count). The van der Waals surface area contributed by atoms with Gasteiger partial charge in [0.15, 0.2) is 0 Å². The first kappa shape index (κ1) is 19.3. The zero-order valence-corrected chi connectivity index (χ0v) is 16.4. The van der Waals surface area contributed by atoms with Crippen molar-refractivity contribution < 1.29 is 9.18 Å². The average molecular weight is 392 g/mol. The molecule has 1 saturated heterocycles. The number of anilines is 1. The lowest BCUT2D eigenvalue weighted by molar-refractivity contribution is 0.102. The van der Waals surface area contributed by atoms with E-state index in [2.05, 4.69) is 15.3 Å². The van der Waals surface area contributed by atoms with E-state index < -0.39 is 0 Å². The molecule has 6 heteroatoms. The third-order valence-corrected chi connectivity index (χ3v) is 5.23. The maximum atomic E-state index is 13.4. The second-order valence-electron chi connectivity index (χ2n) is 7.50. The van der Waals surface area contributed by atoms with E-state index in [0.29, 0.717) is 17.8 Å². The van der Waals surface area contributed by atoms with Gasteiger partial charge < -0.3 is 5.32 Å². The van der Waals surface area contributed by atoms with Gasteiger partial charge in [-0.1, -0.05) is 36.8 Å². The standard InChI is InChI=1S/C23H25FN4O/c24-20-9-6-7-18(13-20)15-28-17-21(14-25-28)26-23(29)22-10-3-2-8-19(22)16-27-11-4-1-5-12-27/h2-3,6-10,13-14,17H,1,4-5,11-12,15-16H2,(H,26,29). The largest absolute Gasteiger partial charge is 0.319 e. The van der Waals surface area contributed by atoms with Crippen molar-refractivity contribution in [2.24, 2.45) is 0 Å². The molecule has 150 valence electrons. The molecule has 0 bridgehead atoms. The van der Waals surface area contributed by atoms with Crippen LogP contribution in [-0.4, -0.2) is 33.7 Å². The van der Waals surface area contributed by atoms with E-state index in [9.17, 15) is 9.18 Å². The second-order valence-corrected chi connectivity index (χ2v) is 7.50. The summed E-state index contributed by atoms with van der Waals surface area (Å²) in [6, 6.07) is 14.2. The summed E-state index contributed by atoms with van der Waals surface area (Å²) >= 11 is 0. The number of nitrogens with zero attached hydrogens (tertiary/aromatic N) is 3. The van der Waals surface area contributed by atoms with Gasteiger partial charge in [-0.3, -0.25) is 14.4 Å². The number of carbonyl (C=O) groups is 1. The van der Waals surface area contributed by atoms with Crippen molar-refractivity contribution in [3.8, 4) is 0 Å². The lowest BCUT2D eigenvalue weighted by Gasteiger charge is -2.27. The minimum Gasteiger partial charge on any atom is -0.319 e. The molecular weight excluding hydrogens is 367 g/mol. The highest BCUT2D eigenvalue weighted by Gasteiger charge is 2.16. The van der Waals surface area contributed by atoms with Gasteiger partial charge in [0.25, 0.3) is 5.91 Å². The number of aromatic nitrogens is 2. The lowest BCUT2D eigenvalue weighted by atomic mass is 10.0. The minimum atomic E-state index is -0.270. The van der Waals surface area contributed by atoms with Gasteiger partial charge in [0.1, 0.15) is 5.82 Å². The van der Waals surface area contributed by atoms with Crippen molar-refractivity contribution in [2.75, 3.05) is 18.4 Å². The fourth-order valence-electron chi connectivity index (χ4n) is 3.77. The molecule has 1 amide bonds. The Morgan fingerprint density at radius 1 is 1.03 bits per heavy atom. The molecule has 3 aromatic rings. The van der Waals surface area contributed by atoms with E-state index in [1.807, 2.05) is 30.3 Å². The van der Waals surface area contributed by atoms with E-state index >= 15 is 0 Å². The Kier molecular flexibility index (Phi) is 6.00. The Balaban J connectivity index is 1.42. The van der Waals surface area contributed by atoms with E-state index in [0.717, 1.165) is 30.8 Å². The molecule has 0 aliphatic carbocycles. The molecule has 1 fully saturated rings. The zero-order valence-electron chi connectivity index (χ0n) is 16.4. The van der Waals surface area contributed by atoms with Gasteiger partial charge in [-0.15, -0.1) is 0 Å². The van der Waals surface area contributed by atoms with Crippen LogP contribution in [0.2, 0.25) is 0 Å². The van der Waals surface area contributed by atoms with E-state index in [1.165, 1.54) is 31.4 Å². The highest BCUT2D eigenvalue weighted by atomic mass is 19.1. The Bertz CT molecular complexity index is 978.